The first kappa shape index (κ1) is 19.3. The van der Waals surface area contributed by atoms with Crippen molar-refractivity contribution in [1.29, 1.82) is 0 Å². The van der Waals surface area contributed by atoms with E-state index in [1.807, 2.05) is 20.8 Å². The number of carboxylic acid groups (broad SMARTS) is 1. The zero-order valence-corrected chi connectivity index (χ0v) is 13.3. The summed E-state index contributed by atoms with van der Waals surface area (Å²) < 4.78 is 10.7. The minimum atomic E-state index is -0.951. The molecule has 0 aromatic heterocycles. The van der Waals surface area contributed by atoms with Crippen molar-refractivity contribution in [2.24, 2.45) is 0 Å². The summed E-state index contributed by atoms with van der Waals surface area (Å²) in [5.74, 6) is -0.836. The van der Waals surface area contributed by atoms with Crippen molar-refractivity contribution in [3.05, 3.63) is 0 Å². The van der Waals surface area contributed by atoms with Gasteiger partial charge in [-0.2, -0.15) is 0 Å². The number of likely N-dealkylation sites (N-methyl/N-ethyl adjacent to an activating group) is 1. The van der Waals surface area contributed by atoms with Crippen LogP contribution in [0.15, 0.2) is 0 Å². The van der Waals surface area contributed by atoms with Crippen molar-refractivity contribution < 1.29 is 19.4 Å². The van der Waals surface area contributed by atoms with E-state index in [9.17, 15) is 9.90 Å². The van der Waals surface area contributed by atoms with Crippen LogP contribution in [-0.4, -0.2) is 74.1 Å². The van der Waals surface area contributed by atoms with Gasteiger partial charge in [0.15, 0.2) is 0 Å². The monoisotopic (exact) mass is 290 g/mol. The van der Waals surface area contributed by atoms with E-state index in [0.29, 0.717) is 52.6 Å². The fourth-order valence-corrected chi connectivity index (χ4v) is 1.98. The molecule has 0 saturated carbocycles. The molecule has 120 valence electrons. The van der Waals surface area contributed by atoms with Crippen LogP contribution in [0.1, 0.15) is 27.7 Å². The van der Waals surface area contributed by atoms with Gasteiger partial charge in [0.25, 0.3) is 0 Å². The van der Waals surface area contributed by atoms with Crippen LogP contribution in [0.4, 0.5) is 0 Å². The Morgan fingerprint density at radius 2 is 1.65 bits per heavy atom. The van der Waals surface area contributed by atoms with Gasteiger partial charge in [0.2, 0.25) is 0 Å². The molecule has 6 heteroatoms. The SMILES string of the molecule is CCNC(C)(CN(CCOCC)CCOCC)C(=O)O. The number of carboxylic acids is 1. The van der Waals surface area contributed by atoms with Crippen molar-refractivity contribution >= 4 is 5.97 Å². The van der Waals surface area contributed by atoms with Gasteiger partial charge in [0, 0.05) is 32.8 Å². The molecule has 0 radical (unpaired) electrons. The molecular formula is C14H30N2O4. The lowest BCUT2D eigenvalue weighted by molar-refractivity contribution is -0.145. The maximum absolute atomic E-state index is 11.5. The Kier molecular flexibility index (Phi) is 10.6. The van der Waals surface area contributed by atoms with Crippen LogP contribution in [0.25, 0.3) is 0 Å². The minimum absolute atomic E-state index is 0.427. The van der Waals surface area contributed by atoms with Crippen molar-refractivity contribution in [3.8, 4) is 0 Å². The molecule has 20 heavy (non-hydrogen) atoms. The first-order chi connectivity index (χ1) is 9.50. The lowest BCUT2D eigenvalue weighted by Gasteiger charge is -2.33. The van der Waals surface area contributed by atoms with Crippen molar-refractivity contribution in [3.63, 3.8) is 0 Å². The van der Waals surface area contributed by atoms with Crippen LogP contribution < -0.4 is 5.32 Å². The van der Waals surface area contributed by atoms with Crippen LogP contribution >= 0.6 is 0 Å². The molecular weight excluding hydrogens is 260 g/mol. The van der Waals surface area contributed by atoms with E-state index in [-0.39, 0.29) is 0 Å². The fraction of sp³-hybridized carbons (Fsp3) is 0.929. The van der Waals surface area contributed by atoms with Gasteiger partial charge in [0.1, 0.15) is 5.54 Å². The number of nitrogens with zero attached hydrogens (tertiary/aromatic N) is 1. The molecule has 0 spiro atoms. The van der Waals surface area contributed by atoms with Gasteiger partial charge in [-0.05, 0) is 27.3 Å². The average molecular weight is 290 g/mol. The van der Waals surface area contributed by atoms with Gasteiger partial charge >= 0.3 is 5.97 Å². The Balaban J connectivity index is 4.51. The normalized spacial score (nSPS) is 14.4. The number of aliphatic carboxylic acids is 1. The van der Waals surface area contributed by atoms with E-state index < -0.39 is 11.5 Å². The number of rotatable bonds is 13. The Labute approximate surface area is 122 Å². The predicted octanol–water partition coefficient (Wildman–Crippen LogP) is 0.814. The third kappa shape index (κ3) is 7.79. The van der Waals surface area contributed by atoms with Gasteiger partial charge in [-0.3, -0.25) is 9.69 Å². The van der Waals surface area contributed by atoms with Gasteiger partial charge in [-0.1, -0.05) is 6.92 Å². The lowest BCUT2D eigenvalue weighted by Crippen LogP contribution is -2.57. The molecule has 0 saturated heterocycles. The van der Waals surface area contributed by atoms with Gasteiger partial charge in [-0.15, -0.1) is 0 Å². The number of hydrogen-bond acceptors (Lipinski definition) is 5. The summed E-state index contributed by atoms with van der Waals surface area (Å²) in [6, 6.07) is 0. The topological polar surface area (TPSA) is 71.0 Å². The summed E-state index contributed by atoms with van der Waals surface area (Å²) in [6.45, 7) is 12.5. The fourth-order valence-electron chi connectivity index (χ4n) is 1.98. The van der Waals surface area contributed by atoms with Crippen molar-refractivity contribution in [1.82, 2.24) is 10.2 Å². The summed E-state index contributed by atoms with van der Waals surface area (Å²) >= 11 is 0. The molecule has 0 amide bonds. The Morgan fingerprint density at radius 1 is 1.15 bits per heavy atom. The molecule has 0 aliphatic carbocycles. The molecule has 0 aliphatic rings. The second-order valence-corrected chi connectivity index (χ2v) is 4.84. The summed E-state index contributed by atoms with van der Waals surface area (Å²) in [7, 11) is 0. The summed E-state index contributed by atoms with van der Waals surface area (Å²) in [4.78, 5) is 13.5. The molecule has 0 aromatic carbocycles. The smallest absolute Gasteiger partial charge is 0.324 e. The van der Waals surface area contributed by atoms with Gasteiger partial charge < -0.3 is 19.9 Å². The Bertz CT molecular complexity index is 254. The van der Waals surface area contributed by atoms with Crippen molar-refractivity contribution in [2.45, 2.75) is 33.2 Å². The molecule has 1 atom stereocenters. The number of nitrogens with one attached hydrogen (secondary N) is 1. The molecule has 0 heterocycles. The Morgan fingerprint density at radius 3 is 2.00 bits per heavy atom. The molecule has 6 nitrogen and oxygen atoms in total. The maximum Gasteiger partial charge on any atom is 0.324 e. The van der Waals surface area contributed by atoms with Crippen LogP contribution in [0, 0.1) is 0 Å². The molecule has 2 N–H and O–H groups in total. The van der Waals surface area contributed by atoms with E-state index >= 15 is 0 Å². The summed E-state index contributed by atoms with van der Waals surface area (Å²) in [5, 5.41) is 12.5. The minimum Gasteiger partial charge on any atom is -0.480 e. The number of ether oxygens (including phenoxy) is 2. The quantitative estimate of drug-likeness (QED) is 0.489. The van der Waals surface area contributed by atoms with Crippen LogP contribution in [0.2, 0.25) is 0 Å². The van der Waals surface area contributed by atoms with E-state index in [1.54, 1.807) is 6.92 Å². The molecule has 0 aromatic rings. The molecule has 0 aliphatic heterocycles. The highest BCUT2D eigenvalue weighted by Gasteiger charge is 2.33. The van der Waals surface area contributed by atoms with E-state index in [1.165, 1.54) is 0 Å². The Hall–Kier alpha value is -0.690. The molecule has 0 bridgehead atoms. The van der Waals surface area contributed by atoms with E-state index in [0.717, 1.165) is 0 Å². The summed E-state index contributed by atoms with van der Waals surface area (Å²) in [6.07, 6.45) is 0. The van der Waals surface area contributed by atoms with Crippen LogP contribution in [-0.2, 0) is 14.3 Å². The highest BCUT2D eigenvalue weighted by Crippen LogP contribution is 2.07. The van der Waals surface area contributed by atoms with Gasteiger partial charge in [-0.25, -0.2) is 0 Å². The zero-order chi connectivity index (χ0) is 15.4. The second-order valence-electron chi connectivity index (χ2n) is 4.84. The highest BCUT2D eigenvalue weighted by molar-refractivity contribution is 5.78. The second kappa shape index (κ2) is 11.0. The number of carbonyl (C=O) groups is 1. The molecule has 0 rings (SSSR count). The molecule has 1 unspecified atom stereocenters. The van der Waals surface area contributed by atoms with E-state index in [4.69, 9.17) is 9.47 Å². The van der Waals surface area contributed by atoms with E-state index in [2.05, 4.69) is 10.2 Å². The number of hydrogen-bond donors (Lipinski definition) is 2. The predicted molar refractivity (Wildman–Crippen MR) is 79.1 cm³/mol. The third-order valence-electron chi connectivity index (χ3n) is 3.09. The standard InChI is InChI=1S/C14H30N2O4/c1-5-15-14(4,13(17)18)12-16(8-10-19-6-2)9-11-20-7-3/h15H,5-12H2,1-4H3,(H,17,18). The zero-order valence-electron chi connectivity index (χ0n) is 13.3. The first-order valence-corrected chi connectivity index (χ1v) is 7.36. The lowest BCUT2D eigenvalue weighted by atomic mass is 10.0. The third-order valence-corrected chi connectivity index (χ3v) is 3.09. The first-order valence-electron chi connectivity index (χ1n) is 7.36. The molecule has 0 fully saturated rings. The van der Waals surface area contributed by atoms with Gasteiger partial charge in [0.05, 0.1) is 13.2 Å². The van der Waals surface area contributed by atoms with Crippen molar-refractivity contribution in [2.75, 3.05) is 52.6 Å². The highest BCUT2D eigenvalue weighted by atomic mass is 16.5. The summed E-state index contributed by atoms with van der Waals surface area (Å²) in [5.41, 5.74) is -0.951. The maximum atomic E-state index is 11.5. The largest absolute Gasteiger partial charge is 0.480 e. The van der Waals surface area contributed by atoms with Crippen LogP contribution in [0.5, 0.6) is 0 Å². The average Bonchev–Trinajstić information content (AvgIpc) is 2.39. The van der Waals surface area contributed by atoms with Crippen LogP contribution in [0.3, 0.4) is 0 Å².